The number of amides is 1. The zero-order valence-corrected chi connectivity index (χ0v) is 13.9. The first-order chi connectivity index (χ1) is 8.97. The molecule has 0 fully saturated rings. The molecule has 6 heteroatoms. The van der Waals surface area contributed by atoms with Crippen LogP contribution in [0.15, 0.2) is 40.9 Å². The molecule has 2 aromatic rings. The molecule has 0 radical (unpaired) electrons. The van der Waals surface area contributed by atoms with Crippen LogP contribution in [0.25, 0.3) is 0 Å². The van der Waals surface area contributed by atoms with Gasteiger partial charge in [0, 0.05) is 13.6 Å². The summed E-state index contributed by atoms with van der Waals surface area (Å²) in [7, 11) is 0. The minimum Gasteiger partial charge on any atom is -0.319 e. The highest BCUT2D eigenvalue weighted by Gasteiger charge is 2.11. The second-order valence-electron chi connectivity index (χ2n) is 3.71. The SMILES string of the molecule is O=C(Nc1ccc(Br)cc1F)c1ccc(I)c(Cl)c1. The zero-order valence-electron chi connectivity index (χ0n) is 9.38. The minimum absolute atomic E-state index is 0.128. The van der Waals surface area contributed by atoms with Gasteiger partial charge in [-0.05, 0) is 59.0 Å². The Labute approximate surface area is 136 Å². The van der Waals surface area contributed by atoms with Gasteiger partial charge in [0.25, 0.3) is 5.91 Å². The predicted molar refractivity (Wildman–Crippen MR) is 86.2 cm³/mol. The molecule has 0 aliphatic heterocycles. The Balaban J connectivity index is 2.23. The van der Waals surface area contributed by atoms with Gasteiger partial charge in [0.05, 0.1) is 10.7 Å². The molecule has 0 aromatic heterocycles. The molecule has 2 rings (SSSR count). The van der Waals surface area contributed by atoms with Crippen LogP contribution in [0.4, 0.5) is 10.1 Å². The molecule has 2 nitrogen and oxygen atoms in total. The summed E-state index contributed by atoms with van der Waals surface area (Å²) >= 11 is 11.2. The zero-order chi connectivity index (χ0) is 14.0. The Hall–Kier alpha value is -0.660. The number of halogens is 4. The van der Waals surface area contributed by atoms with E-state index in [9.17, 15) is 9.18 Å². The number of nitrogens with one attached hydrogen (secondary N) is 1. The molecule has 0 aliphatic carbocycles. The first kappa shape index (κ1) is 14.7. The number of carbonyl (C=O) groups is 1. The van der Waals surface area contributed by atoms with Gasteiger partial charge >= 0.3 is 0 Å². The topological polar surface area (TPSA) is 29.1 Å². The highest BCUT2D eigenvalue weighted by molar-refractivity contribution is 14.1. The second kappa shape index (κ2) is 6.19. The lowest BCUT2D eigenvalue weighted by molar-refractivity contribution is 0.102. The number of benzene rings is 2. The smallest absolute Gasteiger partial charge is 0.255 e. The standard InChI is InChI=1S/C13H7BrClFINO/c14-8-2-4-12(10(16)6-8)18-13(19)7-1-3-11(17)9(15)5-7/h1-6H,(H,18,19). The molecule has 0 aliphatic rings. The molecular weight excluding hydrogens is 447 g/mol. The lowest BCUT2D eigenvalue weighted by atomic mass is 10.2. The van der Waals surface area contributed by atoms with E-state index >= 15 is 0 Å². The summed E-state index contributed by atoms with van der Waals surface area (Å²) in [5.41, 5.74) is 0.510. The second-order valence-corrected chi connectivity index (χ2v) is 6.19. The van der Waals surface area contributed by atoms with Crippen molar-refractivity contribution in [2.75, 3.05) is 5.32 Å². The third-order valence-corrected chi connectivity index (χ3v) is 4.43. The van der Waals surface area contributed by atoms with Crippen LogP contribution >= 0.6 is 50.1 Å². The van der Waals surface area contributed by atoms with Gasteiger partial charge in [-0.15, -0.1) is 0 Å². The van der Waals surface area contributed by atoms with E-state index in [1.807, 2.05) is 0 Å². The molecule has 0 saturated heterocycles. The van der Waals surface area contributed by atoms with Crippen LogP contribution in [-0.4, -0.2) is 5.91 Å². The summed E-state index contributed by atoms with van der Waals surface area (Å²) in [6, 6.07) is 9.35. The number of rotatable bonds is 2. The number of hydrogen-bond acceptors (Lipinski definition) is 1. The van der Waals surface area contributed by atoms with Crippen LogP contribution in [-0.2, 0) is 0 Å². The number of carbonyl (C=O) groups excluding carboxylic acids is 1. The Kier molecular flexibility index (Phi) is 4.81. The van der Waals surface area contributed by atoms with E-state index in [2.05, 4.69) is 43.8 Å². The normalized spacial score (nSPS) is 10.3. The lowest BCUT2D eigenvalue weighted by Crippen LogP contribution is -2.13. The van der Waals surface area contributed by atoms with Crippen molar-refractivity contribution >= 4 is 61.7 Å². The summed E-state index contributed by atoms with van der Waals surface area (Å²) < 4.78 is 15.1. The van der Waals surface area contributed by atoms with E-state index in [4.69, 9.17) is 11.6 Å². The van der Waals surface area contributed by atoms with E-state index in [1.165, 1.54) is 12.1 Å². The number of hydrogen-bond donors (Lipinski definition) is 1. The van der Waals surface area contributed by atoms with E-state index in [1.54, 1.807) is 24.3 Å². The monoisotopic (exact) mass is 453 g/mol. The Morgan fingerprint density at radius 1 is 1.26 bits per heavy atom. The lowest BCUT2D eigenvalue weighted by Gasteiger charge is -2.07. The van der Waals surface area contributed by atoms with Crippen LogP contribution in [0.1, 0.15) is 10.4 Å². The molecule has 0 saturated carbocycles. The fourth-order valence-electron chi connectivity index (χ4n) is 1.42. The molecular formula is C13H7BrClFINO. The van der Waals surface area contributed by atoms with Gasteiger partial charge in [0.1, 0.15) is 5.82 Å². The molecule has 0 atom stereocenters. The first-order valence-electron chi connectivity index (χ1n) is 5.19. The van der Waals surface area contributed by atoms with Crippen molar-refractivity contribution in [3.05, 3.63) is 60.8 Å². The molecule has 2 aromatic carbocycles. The predicted octanol–water partition coefficient (Wildman–Crippen LogP) is 5.10. The van der Waals surface area contributed by atoms with Crippen LogP contribution in [0.3, 0.4) is 0 Å². The van der Waals surface area contributed by atoms with Gasteiger partial charge in [-0.1, -0.05) is 27.5 Å². The van der Waals surface area contributed by atoms with E-state index in [0.29, 0.717) is 15.1 Å². The summed E-state index contributed by atoms with van der Waals surface area (Å²) in [5, 5.41) is 2.99. The fourth-order valence-corrected chi connectivity index (χ4v) is 2.27. The maximum absolute atomic E-state index is 13.6. The summed E-state index contributed by atoms with van der Waals surface area (Å²) in [6.45, 7) is 0. The van der Waals surface area contributed by atoms with E-state index in [0.717, 1.165) is 3.57 Å². The molecule has 0 heterocycles. The maximum Gasteiger partial charge on any atom is 0.255 e. The van der Waals surface area contributed by atoms with Crippen molar-refractivity contribution in [1.29, 1.82) is 0 Å². The third kappa shape index (κ3) is 3.67. The Bertz CT molecular complexity index is 651. The fraction of sp³-hybridized carbons (Fsp3) is 0. The molecule has 98 valence electrons. The van der Waals surface area contributed by atoms with Crippen LogP contribution < -0.4 is 5.32 Å². The Morgan fingerprint density at radius 3 is 2.63 bits per heavy atom. The molecule has 0 bridgehead atoms. The quantitative estimate of drug-likeness (QED) is 0.629. The average Bonchev–Trinajstić information content (AvgIpc) is 2.36. The van der Waals surface area contributed by atoms with Crippen molar-refractivity contribution in [1.82, 2.24) is 0 Å². The summed E-state index contributed by atoms with van der Waals surface area (Å²) in [6.07, 6.45) is 0. The average molecular weight is 454 g/mol. The van der Waals surface area contributed by atoms with Gasteiger partial charge < -0.3 is 5.32 Å². The van der Waals surface area contributed by atoms with Crippen molar-refractivity contribution in [2.45, 2.75) is 0 Å². The first-order valence-corrected chi connectivity index (χ1v) is 7.44. The molecule has 19 heavy (non-hydrogen) atoms. The van der Waals surface area contributed by atoms with Crippen LogP contribution in [0.2, 0.25) is 5.02 Å². The van der Waals surface area contributed by atoms with Crippen molar-refractivity contribution in [3.63, 3.8) is 0 Å². The molecule has 0 spiro atoms. The molecule has 1 amide bonds. The van der Waals surface area contributed by atoms with Crippen molar-refractivity contribution in [2.24, 2.45) is 0 Å². The summed E-state index contributed by atoms with van der Waals surface area (Å²) in [5.74, 6) is -0.904. The summed E-state index contributed by atoms with van der Waals surface area (Å²) in [4.78, 5) is 12.0. The van der Waals surface area contributed by atoms with Gasteiger partial charge in [-0.25, -0.2) is 4.39 Å². The minimum atomic E-state index is -0.501. The molecule has 1 N–H and O–H groups in total. The maximum atomic E-state index is 13.6. The van der Waals surface area contributed by atoms with Crippen molar-refractivity contribution < 1.29 is 9.18 Å². The highest BCUT2D eigenvalue weighted by atomic mass is 127. The van der Waals surface area contributed by atoms with E-state index < -0.39 is 11.7 Å². The molecule has 0 unspecified atom stereocenters. The van der Waals surface area contributed by atoms with E-state index in [-0.39, 0.29) is 5.69 Å². The van der Waals surface area contributed by atoms with Gasteiger partial charge in [-0.3, -0.25) is 4.79 Å². The Morgan fingerprint density at radius 2 is 2.00 bits per heavy atom. The van der Waals surface area contributed by atoms with Crippen LogP contribution in [0, 0.1) is 9.39 Å². The van der Waals surface area contributed by atoms with Crippen molar-refractivity contribution in [3.8, 4) is 0 Å². The third-order valence-electron chi connectivity index (χ3n) is 2.36. The van der Waals surface area contributed by atoms with Gasteiger partial charge in [0.2, 0.25) is 0 Å². The largest absolute Gasteiger partial charge is 0.319 e. The van der Waals surface area contributed by atoms with Gasteiger partial charge in [-0.2, -0.15) is 0 Å². The van der Waals surface area contributed by atoms with Crippen LogP contribution in [0.5, 0.6) is 0 Å². The highest BCUT2D eigenvalue weighted by Crippen LogP contribution is 2.22. The number of anilines is 1. The van der Waals surface area contributed by atoms with Gasteiger partial charge in [0.15, 0.2) is 0 Å².